The van der Waals surface area contributed by atoms with Gasteiger partial charge in [0.1, 0.15) is 0 Å². The molecule has 2 rings (SSSR count). The van der Waals surface area contributed by atoms with Crippen molar-refractivity contribution in [2.75, 3.05) is 5.32 Å². The van der Waals surface area contributed by atoms with Crippen LogP contribution in [0.4, 0.5) is 11.4 Å². The molecule has 1 aliphatic carbocycles. The summed E-state index contributed by atoms with van der Waals surface area (Å²) in [5.41, 5.74) is 1.74. The quantitative estimate of drug-likeness (QED) is 0.611. The maximum absolute atomic E-state index is 10.7. The van der Waals surface area contributed by atoms with Gasteiger partial charge in [-0.1, -0.05) is 13.0 Å². The van der Waals surface area contributed by atoms with E-state index in [0.717, 1.165) is 12.1 Å². The number of hydrogen-bond acceptors (Lipinski definition) is 3. The van der Waals surface area contributed by atoms with E-state index in [1.807, 2.05) is 6.07 Å². The molecule has 0 aliphatic heterocycles. The molecule has 1 N–H and O–H groups in total. The summed E-state index contributed by atoms with van der Waals surface area (Å²) in [5.74, 6) is 0.686. The normalized spacial score (nSPS) is 23.6. The van der Waals surface area contributed by atoms with Crippen LogP contribution in [0.25, 0.3) is 0 Å². The van der Waals surface area contributed by atoms with E-state index in [2.05, 4.69) is 12.2 Å². The Morgan fingerprint density at radius 3 is 2.73 bits per heavy atom. The van der Waals surface area contributed by atoms with Crippen LogP contribution in [-0.2, 0) is 0 Å². The lowest BCUT2D eigenvalue weighted by Crippen LogP contribution is -2.04. The summed E-state index contributed by atoms with van der Waals surface area (Å²) >= 11 is 0. The van der Waals surface area contributed by atoms with Crippen molar-refractivity contribution in [2.45, 2.75) is 26.3 Å². The van der Waals surface area contributed by atoms with Gasteiger partial charge < -0.3 is 5.32 Å². The van der Waals surface area contributed by atoms with Gasteiger partial charge in [0.25, 0.3) is 5.69 Å². The molecule has 4 heteroatoms. The molecular formula is C11H14N2O2. The van der Waals surface area contributed by atoms with E-state index < -0.39 is 0 Å². The van der Waals surface area contributed by atoms with E-state index in [4.69, 9.17) is 0 Å². The smallest absolute Gasteiger partial charge is 0.274 e. The molecule has 15 heavy (non-hydrogen) atoms. The Kier molecular flexibility index (Phi) is 2.34. The van der Waals surface area contributed by atoms with Crippen LogP contribution in [0.3, 0.4) is 0 Å². The van der Waals surface area contributed by atoms with Crippen molar-refractivity contribution in [3.63, 3.8) is 0 Å². The van der Waals surface area contributed by atoms with Crippen LogP contribution < -0.4 is 5.32 Å². The van der Waals surface area contributed by atoms with Crippen LogP contribution in [-0.4, -0.2) is 11.0 Å². The molecule has 0 amide bonds. The Bertz CT molecular complexity index is 404. The number of nitro benzene ring substituents is 1. The van der Waals surface area contributed by atoms with Gasteiger partial charge in [0.05, 0.1) is 4.92 Å². The van der Waals surface area contributed by atoms with Crippen molar-refractivity contribution in [1.82, 2.24) is 0 Å². The van der Waals surface area contributed by atoms with E-state index in [1.54, 1.807) is 19.1 Å². The number of nitrogens with zero attached hydrogens (tertiary/aromatic N) is 1. The summed E-state index contributed by atoms with van der Waals surface area (Å²) in [7, 11) is 0. The third kappa shape index (κ3) is 2.09. The summed E-state index contributed by atoms with van der Waals surface area (Å²) in [6.07, 6.45) is 1.15. The van der Waals surface area contributed by atoms with Crippen LogP contribution in [0.15, 0.2) is 18.2 Å². The molecule has 0 bridgehead atoms. The van der Waals surface area contributed by atoms with Gasteiger partial charge in [0.2, 0.25) is 0 Å². The SMILES string of the molecule is Cc1ccc(NC2CC2C)cc1[N+](=O)[O-]. The Morgan fingerprint density at radius 1 is 1.53 bits per heavy atom. The van der Waals surface area contributed by atoms with Crippen LogP contribution in [0, 0.1) is 23.0 Å². The average molecular weight is 206 g/mol. The summed E-state index contributed by atoms with van der Waals surface area (Å²) in [6.45, 7) is 3.92. The largest absolute Gasteiger partial charge is 0.382 e. The standard InChI is InChI=1S/C11H14N2O2/c1-7-3-4-9(6-11(7)13(14)15)12-10-5-8(10)2/h3-4,6,8,10,12H,5H2,1-2H3. The third-order valence-corrected chi connectivity index (χ3v) is 2.87. The number of nitrogens with one attached hydrogen (secondary N) is 1. The maximum atomic E-state index is 10.7. The molecule has 1 aromatic carbocycles. The van der Waals surface area contributed by atoms with E-state index in [9.17, 15) is 10.1 Å². The molecule has 1 aromatic rings. The van der Waals surface area contributed by atoms with Gasteiger partial charge in [-0.2, -0.15) is 0 Å². The van der Waals surface area contributed by atoms with Gasteiger partial charge in [-0.15, -0.1) is 0 Å². The van der Waals surface area contributed by atoms with Gasteiger partial charge in [-0.3, -0.25) is 10.1 Å². The molecule has 80 valence electrons. The molecule has 4 nitrogen and oxygen atoms in total. The minimum Gasteiger partial charge on any atom is -0.382 e. The summed E-state index contributed by atoms with van der Waals surface area (Å²) in [4.78, 5) is 10.4. The first-order chi connectivity index (χ1) is 7.08. The number of rotatable bonds is 3. The first-order valence-electron chi connectivity index (χ1n) is 5.09. The molecule has 2 atom stereocenters. The van der Waals surface area contributed by atoms with E-state index in [1.165, 1.54) is 0 Å². The van der Waals surface area contributed by atoms with E-state index >= 15 is 0 Å². The first kappa shape index (κ1) is 9.96. The van der Waals surface area contributed by atoms with Crippen LogP contribution in [0.2, 0.25) is 0 Å². The fourth-order valence-electron chi connectivity index (χ4n) is 1.63. The molecule has 0 spiro atoms. The van der Waals surface area contributed by atoms with Gasteiger partial charge in [0.15, 0.2) is 0 Å². The maximum Gasteiger partial charge on any atom is 0.274 e. The van der Waals surface area contributed by atoms with Crippen molar-refractivity contribution >= 4 is 11.4 Å². The molecule has 1 fully saturated rings. The van der Waals surface area contributed by atoms with Crippen molar-refractivity contribution in [3.8, 4) is 0 Å². The number of aryl methyl sites for hydroxylation is 1. The van der Waals surface area contributed by atoms with Crippen LogP contribution >= 0.6 is 0 Å². The van der Waals surface area contributed by atoms with Crippen LogP contribution in [0.1, 0.15) is 18.9 Å². The van der Waals surface area contributed by atoms with Gasteiger partial charge in [-0.25, -0.2) is 0 Å². The summed E-state index contributed by atoms with van der Waals surface area (Å²) in [5, 5.41) is 14.0. The number of anilines is 1. The number of benzene rings is 1. The Labute approximate surface area is 88.5 Å². The first-order valence-corrected chi connectivity index (χ1v) is 5.09. The van der Waals surface area contributed by atoms with Gasteiger partial charge in [0, 0.05) is 23.4 Å². The predicted molar refractivity (Wildman–Crippen MR) is 59.0 cm³/mol. The summed E-state index contributed by atoms with van der Waals surface area (Å²) < 4.78 is 0. The molecule has 0 heterocycles. The Hall–Kier alpha value is -1.58. The number of hydrogen-bond donors (Lipinski definition) is 1. The van der Waals surface area contributed by atoms with E-state index in [0.29, 0.717) is 17.5 Å². The van der Waals surface area contributed by atoms with E-state index in [-0.39, 0.29) is 10.6 Å². The van der Waals surface area contributed by atoms with Crippen LogP contribution in [0.5, 0.6) is 0 Å². The highest BCUT2D eigenvalue weighted by Gasteiger charge is 2.32. The van der Waals surface area contributed by atoms with Gasteiger partial charge in [-0.05, 0) is 25.3 Å². The van der Waals surface area contributed by atoms with Gasteiger partial charge >= 0.3 is 0 Å². The molecule has 2 unspecified atom stereocenters. The third-order valence-electron chi connectivity index (χ3n) is 2.87. The minimum atomic E-state index is -0.336. The minimum absolute atomic E-state index is 0.188. The highest BCUT2D eigenvalue weighted by molar-refractivity contribution is 5.55. The lowest BCUT2D eigenvalue weighted by Gasteiger charge is -2.05. The fourth-order valence-corrected chi connectivity index (χ4v) is 1.63. The Balaban J connectivity index is 2.18. The second kappa shape index (κ2) is 3.53. The van der Waals surface area contributed by atoms with Crippen molar-refractivity contribution in [3.05, 3.63) is 33.9 Å². The lowest BCUT2D eigenvalue weighted by molar-refractivity contribution is -0.385. The molecular weight excluding hydrogens is 192 g/mol. The number of nitro groups is 1. The lowest BCUT2D eigenvalue weighted by atomic mass is 10.2. The predicted octanol–water partition coefficient (Wildman–Crippen LogP) is 2.72. The van der Waals surface area contributed by atoms with Crippen molar-refractivity contribution in [1.29, 1.82) is 0 Å². The average Bonchev–Trinajstić information content (AvgIpc) is 2.85. The molecule has 0 radical (unpaired) electrons. The Morgan fingerprint density at radius 2 is 2.20 bits per heavy atom. The fraction of sp³-hybridized carbons (Fsp3) is 0.455. The molecule has 0 saturated heterocycles. The topological polar surface area (TPSA) is 55.2 Å². The second-order valence-electron chi connectivity index (χ2n) is 4.22. The monoisotopic (exact) mass is 206 g/mol. The van der Waals surface area contributed by atoms with Crippen molar-refractivity contribution < 1.29 is 4.92 Å². The summed E-state index contributed by atoms with van der Waals surface area (Å²) in [6, 6.07) is 5.79. The molecule has 1 saturated carbocycles. The second-order valence-corrected chi connectivity index (χ2v) is 4.22. The highest BCUT2D eigenvalue weighted by atomic mass is 16.6. The highest BCUT2D eigenvalue weighted by Crippen LogP contribution is 2.33. The zero-order chi connectivity index (χ0) is 11.0. The molecule has 1 aliphatic rings. The zero-order valence-corrected chi connectivity index (χ0v) is 8.86. The molecule has 0 aromatic heterocycles. The zero-order valence-electron chi connectivity index (χ0n) is 8.86. The van der Waals surface area contributed by atoms with Crippen molar-refractivity contribution in [2.24, 2.45) is 5.92 Å².